The van der Waals surface area contributed by atoms with Crippen molar-refractivity contribution in [1.29, 1.82) is 0 Å². The van der Waals surface area contributed by atoms with Crippen molar-refractivity contribution in [3.8, 4) is 11.3 Å². The molecule has 33 heavy (non-hydrogen) atoms. The molecule has 3 aromatic rings. The first-order valence-electron chi connectivity index (χ1n) is 10.1. The third-order valence-electron chi connectivity index (χ3n) is 5.13. The standard InChI is InChI=1S/C23H20Cl3FIN3O2/c1-23(2,3)33-22(32)30-8-9-31-21(20(30)14-6-4-12(24)10-16(14)26)18(28)19(29-31)15-7-5-13(25)11-17(15)27/h4-7,10-11,20H,8-9H2,1-3H3. The van der Waals surface area contributed by atoms with Gasteiger partial charge in [-0.15, -0.1) is 0 Å². The van der Waals surface area contributed by atoms with Crippen LogP contribution in [0.15, 0.2) is 36.4 Å². The molecule has 1 aromatic heterocycles. The molecule has 1 unspecified atom stereocenters. The molecule has 10 heteroatoms. The highest BCUT2D eigenvalue weighted by molar-refractivity contribution is 14.1. The van der Waals surface area contributed by atoms with Crippen molar-refractivity contribution in [1.82, 2.24) is 14.7 Å². The van der Waals surface area contributed by atoms with Crippen LogP contribution < -0.4 is 0 Å². The zero-order valence-electron chi connectivity index (χ0n) is 18.0. The van der Waals surface area contributed by atoms with Gasteiger partial charge in [0.15, 0.2) is 0 Å². The molecule has 1 aliphatic rings. The molecule has 0 spiro atoms. The van der Waals surface area contributed by atoms with Gasteiger partial charge in [0.05, 0.1) is 15.8 Å². The number of halogens is 5. The summed E-state index contributed by atoms with van der Waals surface area (Å²) in [4.78, 5) is 14.8. The van der Waals surface area contributed by atoms with Gasteiger partial charge in [0, 0.05) is 27.2 Å². The van der Waals surface area contributed by atoms with Crippen molar-refractivity contribution < 1.29 is 13.9 Å². The quantitative estimate of drug-likeness (QED) is 0.277. The first-order valence-corrected chi connectivity index (χ1v) is 12.3. The van der Waals surface area contributed by atoms with Crippen LogP contribution in [0.25, 0.3) is 11.3 Å². The van der Waals surface area contributed by atoms with Crippen molar-refractivity contribution in [3.63, 3.8) is 0 Å². The van der Waals surface area contributed by atoms with Gasteiger partial charge in [0.25, 0.3) is 0 Å². The van der Waals surface area contributed by atoms with E-state index in [1.54, 1.807) is 39.9 Å². The zero-order chi connectivity index (χ0) is 24.1. The van der Waals surface area contributed by atoms with Crippen LogP contribution in [0.5, 0.6) is 0 Å². The molecule has 0 bridgehead atoms. The van der Waals surface area contributed by atoms with E-state index < -0.39 is 23.6 Å². The van der Waals surface area contributed by atoms with Crippen LogP contribution in [-0.2, 0) is 11.3 Å². The molecule has 0 radical (unpaired) electrons. The summed E-state index contributed by atoms with van der Waals surface area (Å²) in [6, 6.07) is 9.02. The summed E-state index contributed by atoms with van der Waals surface area (Å²) >= 11 is 20.8. The molecule has 1 amide bonds. The number of hydrogen-bond donors (Lipinski definition) is 0. The molecule has 0 saturated carbocycles. The fourth-order valence-electron chi connectivity index (χ4n) is 3.77. The third kappa shape index (κ3) is 4.97. The first kappa shape index (κ1) is 24.6. The molecule has 174 valence electrons. The maximum atomic E-state index is 14.7. The minimum absolute atomic E-state index is 0.303. The lowest BCUT2D eigenvalue weighted by molar-refractivity contribution is 0.0141. The Morgan fingerprint density at radius 3 is 2.42 bits per heavy atom. The van der Waals surface area contributed by atoms with Crippen molar-refractivity contribution in [3.05, 3.63) is 72.1 Å². The largest absolute Gasteiger partial charge is 0.444 e. The highest BCUT2D eigenvalue weighted by Gasteiger charge is 2.39. The van der Waals surface area contributed by atoms with E-state index in [4.69, 9.17) is 39.5 Å². The maximum Gasteiger partial charge on any atom is 0.411 e. The van der Waals surface area contributed by atoms with E-state index in [1.807, 2.05) is 20.8 Å². The summed E-state index contributed by atoms with van der Waals surface area (Å²) in [5.41, 5.74) is 1.53. The number of benzene rings is 2. The van der Waals surface area contributed by atoms with Crippen LogP contribution in [0, 0.1) is 9.39 Å². The molecule has 2 heterocycles. The summed E-state index contributed by atoms with van der Waals surface area (Å²) in [5.74, 6) is -0.471. The van der Waals surface area contributed by atoms with E-state index in [9.17, 15) is 9.18 Å². The molecule has 4 rings (SSSR count). The number of ether oxygens (including phenoxy) is 1. The molecule has 1 aliphatic heterocycles. The summed E-state index contributed by atoms with van der Waals surface area (Å²) in [5, 5.41) is 5.87. The number of fused-ring (bicyclic) bond motifs is 1. The van der Waals surface area contributed by atoms with Gasteiger partial charge in [-0.2, -0.15) is 5.10 Å². The minimum atomic E-state index is -0.673. The maximum absolute atomic E-state index is 14.7. The average molecular weight is 623 g/mol. The molecular formula is C23H20Cl3FIN3O2. The minimum Gasteiger partial charge on any atom is -0.444 e. The molecule has 5 nitrogen and oxygen atoms in total. The summed E-state index contributed by atoms with van der Waals surface area (Å²) in [6.07, 6.45) is -0.471. The number of carbonyl (C=O) groups is 1. The monoisotopic (exact) mass is 621 g/mol. The Morgan fingerprint density at radius 2 is 1.79 bits per heavy atom. The lowest BCUT2D eigenvalue weighted by Crippen LogP contribution is -2.45. The van der Waals surface area contributed by atoms with E-state index in [0.29, 0.717) is 48.5 Å². The van der Waals surface area contributed by atoms with Crippen LogP contribution in [0.4, 0.5) is 9.18 Å². The lowest BCUT2D eigenvalue weighted by Gasteiger charge is -2.37. The van der Waals surface area contributed by atoms with E-state index >= 15 is 0 Å². The first-order chi connectivity index (χ1) is 15.5. The Balaban J connectivity index is 1.89. The number of aromatic nitrogens is 2. The molecule has 1 atom stereocenters. The second kappa shape index (κ2) is 9.24. The van der Waals surface area contributed by atoms with E-state index in [1.165, 1.54) is 6.07 Å². The van der Waals surface area contributed by atoms with Crippen LogP contribution in [0.1, 0.15) is 38.1 Å². The highest BCUT2D eigenvalue weighted by Crippen LogP contribution is 2.42. The molecule has 0 aliphatic carbocycles. The smallest absolute Gasteiger partial charge is 0.411 e. The molecule has 2 aromatic carbocycles. The topological polar surface area (TPSA) is 47.4 Å². The summed E-state index contributed by atoms with van der Waals surface area (Å²) in [6.45, 7) is 6.20. The summed E-state index contributed by atoms with van der Waals surface area (Å²) in [7, 11) is 0. The van der Waals surface area contributed by atoms with E-state index in [2.05, 4.69) is 27.7 Å². The Hall–Kier alpha value is -1.55. The average Bonchev–Trinajstić information content (AvgIpc) is 3.03. The molecule has 0 saturated heterocycles. The summed E-state index contributed by atoms with van der Waals surface area (Å²) < 4.78 is 22.9. The van der Waals surface area contributed by atoms with Crippen LogP contribution in [-0.4, -0.2) is 32.9 Å². The van der Waals surface area contributed by atoms with Crippen molar-refractivity contribution >= 4 is 63.5 Å². The van der Waals surface area contributed by atoms with Gasteiger partial charge in [-0.1, -0.05) is 40.9 Å². The normalized spacial score (nSPS) is 16.0. The van der Waals surface area contributed by atoms with Gasteiger partial charge in [0.1, 0.15) is 23.2 Å². The SMILES string of the molecule is CC(C)(C)OC(=O)N1CCn2nc(-c3ccc(Cl)cc3F)c(I)c2C1c1ccc(Cl)cc1Cl. The van der Waals surface area contributed by atoms with Gasteiger partial charge >= 0.3 is 6.09 Å². The van der Waals surface area contributed by atoms with Gasteiger partial charge < -0.3 is 4.74 Å². The molecular weight excluding hydrogens is 603 g/mol. The predicted molar refractivity (Wildman–Crippen MR) is 137 cm³/mol. The van der Waals surface area contributed by atoms with Gasteiger partial charge in [-0.05, 0) is 79.3 Å². The highest BCUT2D eigenvalue weighted by atomic mass is 127. The Bertz CT molecular complexity index is 1240. The van der Waals surface area contributed by atoms with Crippen LogP contribution in [0.2, 0.25) is 15.1 Å². The second-order valence-electron chi connectivity index (χ2n) is 8.64. The van der Waals surface area contributed by atoms with Crippen molar-refractivity contribution in [2.24, 2.45) is 0 Å². The van der Waals surface area contributed by atoms with Gasteiger partial charge in [0.2, 0.25) is 0 Å². The Morgan fingerprint density at radius 1 is 1.12 bits per heavy atom. The second-order valence-corrected chi connectivity index (χ2v) is 11.0. The third-order valence-corrected chi connectivity index (χ3v) is 6.99. The zero-order valence-corrected chi connectivity index (χ0v) is 22.4. The fraction of sp³-hybridized carbons (Fsp3) is 0.304. The number of amides is 1. The van der Waals surface area contributed by atoms with Crippen LogP contribution in [0.3, 0.4) is 0 Å². The number of rotatable bonds is 2. The Kier molecular flexibility index (Phi) is 6.88. The number of hydrogen-bond acceptors (Lipinski definition) is 3. The number of nitrogens with zero attached hydrogens (tertiary/aromatic N) is 3. The number of carbonyl (C=O) groups excluding carboxylic acids is 1. The van der Waals surface area contributed by atoms with Crippen LogP contribution >= 0.6 is 57.4 Å². The molecule has 0 N–H and O–H groups in total. The van der Waals surface area contributed by atoms with Crippen molar-refractivity contribution in [2.45, 2.75) is 39.0 Å². The van der Waals surface area contributed by atoms with E-state index in [-0.39, 0.29) is 0 Å². The lowest BCUT2D eigenvalue weighted by atomic mass is 9.99. The predicted octanol–water partition coefficient (Wildman–Crippen LogP) is 7.59. The Labute approximate surface area is 219 Å². The van der Waals surface area contributed by atoms with Gasteiger partial charge in [-0.25, -0.2) is 9.18 Å². The molecule has 0 fully saturated rings. The van der Waals surface area contributed by atoms with Crippen molar-refractivity contribution in [2.75, 3.05) is 6.54 Å². The fourth-order valence-corrected chi connectivity index (χ4v) is 5.42. The van der Waals surface area contributed by atoms with Gasteiger partial charge in [-0.3, -0.25) is 9.58 Å². The van der Waals surface area contributed by atoms with E-state index in [0.717, 1.165) is 5.69 Å².